The first kappa shape index (κ1) is 18.7. The van der Waals surface area contributed by atoms with Gasteiger partial charge in [0, 0.05) is 43.2 Å². The highest BCUT2D eigenvalue weighted by atomic mass is 35.5. The molecule has 0 radical (unpaired) electrons. The van der Waals surface area contributed by atoms with Crippen molar-refractivity contribution in [2.45, 2.75) is 19.8 Å². The number of ether oxygens (including phenoxy) is 1. The van der Waals surface area contributed by atoms with Gasteiger partial charge in [0.15, 0.2) is 5.82 Å². The van der Waals surface area contributed by atoms with Crippen LogP contribution in [0.5, 0.6) is 0 Å². The van der Waals surface area contributed by atoms with Gasteiger partial charge in [0.1, 0.15) is 0 Å². The molecule has 26 heavy (non-hydrogen) atoms. The van der Waals surface area contributed by atoms with Gasteiger partial charge in [-0.3, -0.25) is 4.90 Å². The van der Waals surface area contributed by atoms with Crippen molar-refractivity contribution in [1.29, 1.82) is 0 Å². The Bertz CT molecular complexity index is 729. The molecule has 1 aliphatic heterocycles. The van der Waals surface area contributed by atoms with E-state index in [4.69, 9.17) is 20.9 Å². The van der Waals surface area contributed by atoms with Crippen LogP contribution in [0.15, 0.2) is 28.8 Å². The molecular formula is C18H23ClN4O3. The van der Waals surface area contributed by atoms with Crippen LogP contribution in [0.1, 0.15) is 19.2 Å². The maximum Gasteiger partial charge on any atom is 0.409 e. The summed E-state index contributed by atoms with van der Waals surface area (Å²) < 4.78 is 10.4. The molecule has 8 heteroatoms. The molecule has 0 bridgehead atoms. The van der Waals surface area contributed by atoms with Crippen LogP contribution < -0.4 is 0 Å². The molecule has 1 aromatic heterocycles. The molecule has 1 fully saturated rings. The number of rotatable bonds is 6. The van der Waals surface area contributed by atoms with Crippen molar-refractivity contribution < 1.29 is 14.1 Å². The Morgan fingerprint density at radius 2 is 2.12 bits per heavy atom. The third-order valence-electron chi connectivity index (χ3n) is 4.31. The lowest BCUT2D eigenvalue weighted by Crippen LogP contribution is -2.49. The fourth-order valence-electron chi connectivity index (χ4n) is 2.92. The largest absolute Gasteiger partial charge is 0.450 e. The molecule has 7 nitrogen and oxygen atoms in total. The number of halogens is 1. The van der Waals surface area contributed by atoms with Gasteiger partial charge in [-0.05, 0) is 38.1 Å². The van der Waals surface area contributed by atoms with Gasteiger partial charge in [-0.2, -0.15) is 4.98 Å². The summed E-state index contributed by atoms with van der Waals surface area (Å²) >= 11 is 5.99. The van der Waals surface area contributed by atoms with Crippen molar-refractivity contribution in [3.05, 3.63) is 35.1 Å². The molecule has 0 saturated carbocycles. The fourth-order valence-corrected chi connectivity index (χ4v) is 3.11. The molecule has 0 spiro atoms. The summed E-state index contributed by atoms with van der Waals surface area (Å²) in [5.74, 6) is 1.19. The van der Waals surface area contributed by atoms with Gasteiger partial charge in [-0.25, -0.2) is 4.79 Å². The second kappa shape index (κ2) is 9.00. The maximum atomic E-state index is 11.7. The van der Waals surface area contributed by atoms with Crippen LogP contribution in [0, 0.1) is 0 Å². The van der Waals surface area contributed by atoms with Gasteiger partial charge in [0.25, 0.3) is 5.89 Å². The third-order valence-corrected chi connectivity index (χ3v) is 4.55. The van der Waals surface area contributed by atoms with E-state index in [0.717, 1.165) is 38.0 Å². The highest BCUT2D eigenvalue weighted by molar-refractivity contribution is 6.30. The van der Waals surface area contributed by atoms with Crippen LogP contribution in [-0.4, -0.2) is 65.4 Å². The summed E-state index contributed by atoms with van der Waals surface area (Å²) in [6.07, 6.45) is 1.48. The van der Waals surface area contributed by atoms with Crippen LogP contribution in [-0.2, 0) is 11.2 Å². The summed E-state index contributed by atoms with van der Waals surface area (Å²) in [5.41, 5.74) is 0.825. The lowest BCUT2D eigenvalue weighted by atomic mass is 10.2. The highest BCUT2D eigenvalue weighted by Crippen LogP contribution is 2.21. The van der Waals surface area contributed by atoms with Gasteiger partial charge in [-0.1, -0.05) is 22.8 Å². The number of aromatic nitrogens is 2. The Balaban J connectivity index is 1.41. The standard InChI is InChI=1S/C18H23ClN4O3/c1-2-25-18(24)23-11-9-22(10-12-23)8-4-7-16-20-17(26-21-16)14-5-3-6-15(19)13-14/h3,5-6,13H,2,4,7-12H2,1H3. The van der Waals surface area contributed by atoms with E-state index in [0.29, 0.717) is 36.4 Å². The number of hydrogen-bond donors (Lipinski definition) is 0. The zero-order valence-electron chi connectivity index (χ0n) is 14.9. The number of amides is 1. The van der Waals surface area contributed by atoms with Crippen LogP contribution in [0.25, 0.3) is 11.5 Å². The summed E-state index contributed by atoms with van der Waals surface area (Å²) in [5, 5.41) is 4.69. The topological polar surface area (TPSA) is 71.7 Å². The van der Waals surface area contributed by atoms with E-state index in [-0.39, 0.29) is 6.09 Å². The summed E-state index contributed by atoms with van der Waals surface area (Å²) in [6.45, 7) is 6.32. The first-order valence-corrected chi connectivity index (χ1v) is 9.26. The first-order valence-electron chi connectivity index (χ1n) is 8.88. The van der Waals surface area contributed by atoms with Crippen LogP contribution in [0.4, 0.5) is 4.79 Å². The predicted molar refractivity (Wildman–Crippen MR) is 98.1 cm³/mol. The second-order valence-corrected chi connectivity index (χ2v) is 6.59. The molecule has 1 aliphatic rings. The molecular weight excluding hydrogens is 356 g/mol. The summed E-state index contributed by atoms with van der Waals surface area (Å²) in [4.78, 5) is 20.2. The van der Waals surface area contributed by atoms with E-state index in [1.807, 2.05) is 31.2 Å². The molecule has 2 aromatic rings. The quantitative estimate of drug-likeness (QED) is 0.769. The lowest BCUT2D eigenvalue weighted by molar-refractivity contribution is 0.0794. The van der Waals surface area contributed by atoms with E-state index in [1.165, 1.54) is 0 Å². The van der Waals surface area contributed by atoms with E-state index in [1.54, 1.807) is 4.90 Å². The minimum Gasteiger partial charge on any atom is -0.450 e. The van der Waals surface area contributed by atoms with Crippen molar-refractivity contribution in [3.8, 4) is 11.5 Å². The van der Waals surface area contributed by atoms with Gasteiger partial charge in [0.05, 0.1) is 6.61 Å². The fraction of sp³-hybridized carbons (Fsp3) is 0.500. The van der Waals surface area contributed by atoms with Crippen LogP contribution in [0.2, 0.25) is 5.02 Å². The van der Waals surface area contributed by atoms with Gasteiger partial charge >= 0.3 is 6.09 Å². The SMILES string of the molecule is CCOC(=O)N1CCN(CCCc2noc(-c3cccc(Cl)c3)n2)CC1. The molecule has 0 N–H and O–H groups in total. The maximum absolute atomic E-state index is 11.7. The Morgan fingerprint density at radius 1 is 1.31 bits per heavy atom. The smallest absolute Gasteiger partial charge is 0.409 e. The Morgan fingerprint density at radius 3 is 2.85 bits per heavy atom. The van der Waals surface area contributed by atoms with E-state index in [9.17, 15) is 4.79 Å². The minimum absolute atomic E-state index is 0.215. The molecule has 1 amide bonds. The van der Waals surface area contributed by atoms with Crippen molar-refractivity contribution in [2.24, 2.45) is 0 Å². The Kier molecular flexibility index (Phi) is 6.46. The second-order valence-electron chi connectivity index (χ2n) is 6.16. The molecule has 2 heterocycles. The van der Waals surface area contributed by atoms with E-state index < -0.39 is 0 Å². The molecule has 1 aromatic carbocycles. The first-order chi connectivity index (χ1) is 12.7. The third kappa shape index (κ3) is 4.95. The predicted octanol–water partition coefficient (Wildman–Crippen LogP) is 3.10. The van der Waals surface area contributed by atoms with Crippen molar-refractivity contribution in [3.63, 3.8) is 0 Å². The zero-order chi connectivity index (χ0) is 18.4. The summed E-state index contributed by atoms with van der Waals surface area (Å²) in [6, 6.07) is 7.37. The molecule has 3 rings (SSSR count). The average Bonchev–Trinajstić information content (AvgIpc) is 3.11. The van der Waals surface area contributed by atoms with Crippen LogP contribution >= 0.6 is 11.6 Å². The summed E-state index contributed by atoms with van der Waals surface area (Å²) in [7, 11) is 0. The number of carbonyl (C=O) groups excluding carboxylic acids is 1. The van der Waals surface area contributed by atoms with E-state index >= 15 is 0 Å². The minimum atomic E-state index is -0.215. The molecule has 0 aliphatic carbocycles. The molecule has 1 saturated heterocycles. The number of piperazine rings is 1. The normalized spacial score (nSPS) is 15.2. The average molecular weight is 379 g/mol. The number of carbonyl (C=O) groups is 1. The van der Waals surface area contributed by atoms with Gasteiger partial charge < -0.3 is 14.2 Å². The zero-order valence-corrected chi connectivity index (χ0v) is 15.6. The molecule has 140 valence electrons. The van der Waals surface area contributed by atoms with Gasteiger partial charge in [-0.15, -0.1) is 0 Å². The number of nitrogens with zero attached hydrogens (tertiary/aromatic N) is 4. The van der Waals surface area contributed by atoms with Crippen LogP contribution in [0.3, 0.4) is 0 Å². The highest BCUT2D eigenvalue weighted by Gasteiger charge is 2.21. The Hall–Kier alpha value is -2.12. The monoisotopic (exact) mass is 378 g/mol. The molecule has 0 unspecified atom stereocenters. The lowest BCUT2D eigenvalue weighted by Gasteiger charge is -2.33. The number of benzene rings is 1. The van der Waals surface area contributed by atoms with Crippen molar-refractivity contribution in [1.82, 2.24) is 19.9 Å². The number of hydrogen-bond acceptors (Lipinski definition) is 6. The Labute approximate surface area is 157 Å². The van der Waals surface area contributed by atoms with E-state index in [2.05, 4.69) is 15.0 Å². The molecule has 0 atom stereocenters. The van der Waals surface area contributed by atoms with Crippen molar-refractivity contribution in [2.75, 3.05) is 39.3 Å². The number of aryl methyl sites for hydroxylation is 1. The van der Waals surface area contributed by atoms with Gasteiger partial charge in [0.2, 0.25) is 0 Å². The van der Waals surface area contributed by atoms with Crippen molar-refractivity contribution >= 4 is 17.7 Å².